The van der Waals surface area contributed by atoms with Crippen LogP contribution in [0.2, 0.25) is 0 Å². The molecule has 1 heterocycles. The molecule has 9 heteroatoms. The van der Waals surface area contributed by atoms with Crippen LogP contribution in [0.15, 0.2) is 12.1 Å². The zero-order chi connectivity index (χ0) is 16.8. The quantitative estimate of drug-likeness (QED) is 0.768. The van der Waals surface area contributed by atoms with Crippen LogP contribution in [-0.4, -0.2) is 48.1 Å². The van der Waals surface area contributed by atoms with Crippen LogP contribution in [0.5, 0.6) is 0 Å². The predicted molar refractivity (Wildman–Crippen MR) is 92.2 cm³/mol. The van der Waals surface area contributed by atoms with Crippen LogP contribution in [-0.2, 0) is 6.42 Å². The third-order valence-electron chi connectivity index (χ3n) is 3.66. The van der Waals surface area contributed by atoms with Gasteiger partial charge < -0.3 is 16.0 Å². The second-order valence-electron chi connectivity index (χ2n) is 5.44. The van der Waals surface area contributed by atoms with Crippen LogP contribution in [0.4, 0.5) is 18.0 Å². The van der Waals surface area contributed by atoms with Gasteiger partial charge in [-0.05, 0) is 24.5 Å². The number of rotatable bonds is 5. The van der Waals surface area contributed by atoms with E-state index in [0.717, 1.165) is 30.7 Å². The highest BCUT2D eigenvalue weighted by Crippen LogP contribution is 2.15. The molecular formula is C15H21ClF3N3OS. The summed E-state index contributed by atoms with van der Waals surface area (Å²) in [6.07, 6.45) is 0.506. The second-order valence-corrected chi connectivity index (χ2v) is 6.67. The van der Waals surface area contributed by atoms with Crippen molar-refractivity contribution >= 4 is 30.2 Å². The summed E-state index contributed by atoms with van der Waals surface area (Å²) in [5.41, 5.74) is 5.91. The molecule has 3 N–H and O–H groups in total. The van der Waals surface area contributed by atoms with Crippen LogP contribution in [0, 0.1) is 17.5 Å². The lowest BCUT2D eigenvalue weighted by Gasteiger charge is -2.26. The maximum absolute atomic E-state index is 13.5. The molecule has 0 aliphatic carbocycles. The Kier molecular flexibility index (Phi) is 8.72. The smallest absolute Gasteiger partial charge is 0.317 e. The van der Waals surface area contributed by atoms with Gasteiger partial charge in [-0.1, -0.05) is 0 Å². The lowest BCUT2D eigenvalue weighted by molar-refractivity contribution is 0.202. The summed E-state index contributed by atoms with van der Waals surface area (Å²) in [7, 11) is 0. The molecule has 1 fully saturated rings. The molecule has 0 aromatic heterocycles. The molecule has 1 saturated heterocycles. The molecule has 136 valence electrons. The molecule has 0 bridgehead atoms. The van der Waals surface area contributed by atoms with E-state index in [1.807, 2.05) is 11.8 Å². The molecule has 0 saturated carbocycles. The fraction of sp³-hybridized carbons (Fsp3) is 0.533. The minimum atomic E-state index is -1.22. The summed E-state index contributed by atoms with van der Waals surface area (Å²) in [4.78, 5) is 13.6. The molecule has 1 atom stereocenters. The van der Waals surface area contributed by atoms with E-state index in [1.54, 1.807) is 4.90 Å². The maximum Gasteiger partial charge on any atom is 0.317 e. The first kappa shape index (κ1) is 20.9. The van der Waals surface area contributed by atoms with Gasteiger partial charge in [0.15, 0.2) is 11.6 Å². The Bertz CT molecular complexity index is 559. The molecule has 2 amide bonds. The van der Waals surface area contributed by atoms with Crippen molar-refractivity contribution in [1.82, 2.24) is 10.2 Å². The molecule has 0 spiro atoms. The van der Waals surface area contributed by atoms with Crippen molar-refractivity contribution < 1.29 is 18.0 Å². The fourth-order valence-corrected chi connectivity index (χ4v) is 3.25. The van der Waals surface area contributed by atoms with Crippen molar-refractivity contribution in [2.75, 3.05) is 31.1 Å². The number of thioether (sulfide) groups is 1. The summed E-state index contributed by atoms with van der Waals surface area (Å²) in [5, 5.41) is 2.77. The van der Waals surface area contributed by atoms with Gasteiger partial charge in [-0.15, -0.1) is 12.4 Å². The summed E-state index contributed by atoms with van der Waals surface area (Å²) in [5.74, 6) is -1.25. The Morgan fingerprint density at radius 1 is 1.21 bits per heavy atom. The molecule has 1 aliphatic rings. The van der Waals surface area contributed by atoms with Gasteiger partial charge in [0.1, 0.15) is 5.82 Å². The average molecular weight is 384 g/mol. The van der Waals surface area contributed by atoms with Crippen molar-refractivity contribution in [3.63, 3.8) is 0 Å². The van der Waals surface area contributed by atoms with E-state index in [2.05, 4.69) is 5.32 Å². The minimum absolute atomic E-state index is 0. The lowest BCUT2D eigenvalue weighted by atomic mass is 10.0. The number of hydrogen-bond acceptors (Lipinski definition) is 3. The predicted octanol–water partition coefficient (Wildman–Crippen LogP) is 2.54. The Hall–Kier alpha value is -1.12. The topological polar surface area (TPSA) is 58.4 Å². The summed E-state index contributed by atoms with van der Waals surface area (Å²) >= 11 is 1.82. The first-order valence-corrected chi connectivity index (χ1v) is 8.62. The van der Waals surface area contributed by atoms with Crippen molar-refractivity contribution in [1.29, 1.82) is 0 Å². The number of amides is 2. The highest BCUT2D eigenvalue weighted by molar-refractivity contribution is 7.99. The first-order valence-electron chi connectivity index (χ1n) is 7.47. The van der Waals surface area contributed by atoms with E-state index in [4.69, 9.17) is 5.73 Å². The largest absolute Gasteiger partial charge is 0.338 e. The van der Waals surface area contributed by atoms with E-state index in [1.165, 1.54) is 0 Å². The van der Waals surface area contributed by atoms with Crippen LogP contribution < -0.4 is 11.1 Å². The van der Waals surface area contributed by atoms with Gasteiger partial charge in [0, 0.05) is 43.2 Å². The lowest BCUT2D eigenvalue weighted by Crippen LogP contribution is -2.45. The number of benzene rings is 1. The van der Waals surface area contributed by atoms with Crippen LogP contribution in [0.1, 0.15) is 12.0 Å². The second kappa shape index (κ2) is 10.0. The Labute approximate surface area is 149 Å². The van der Waals surface area contributed by atoms with Gasteiger partial charge in [-0.3, -0.25) is 0 Å². The van der Waals surface area contributed by atoms with Crippen LogP contribution in [0.3, 0.4) is 0 Å². The number of nitrogens with one attached hydrogen (secondary N) is 1. The number of nitrogens with two attached hydrogens (primary N) is 1. The van der Waals surface area contributed by atoms with Gasteiger partial charge in [-0.2, -0.15) is 11.8 Å². The summed E-state index contributed by atoms with van der Waals surface area (Å²) in [6.45, 7) is 1.81. The van der Waals surface area contributed by atoms with Gasteiger partial charge in [0.25, 0.3) is 0 Å². The minimum Gasteiger partial charge on any atom is -0.338 e. The van der Waals surface area contributed by atoms with Crippen molar-refractivity contribution in [2.24, 2.45) is 5.73 Å². The number of nitrogens with zero attached hydrogens (tertiary/aromatic N) is 1. The normalized spacial score (nSPS) is 15.6. The van der Waals surface area contributed by atoms with Crippen LogP contribution in [0.25, 0.3) is 0 Å². The van der Waals surface area contributed by atoms with Crippen molar-refractivity contribution in [2.45, 2.75) is 18.9 Å². The Balaban J connectivity index is 0.00000288. The van der Waals surface area contributed by atoms with E-state index in [0.29, 0.717) is 19.0 Å². The molecule has 1 aromatic carbocycles. The number of hydrogen-bond donors (Lipinski definition) is 2. The van der Waals surface area contributed by atoms with Gasteiger partial charge in [0.2, 0.25) is 0 Å². The summed E-state index contributed by atoms with van der Waals surface area (Å²) < 4.78 is 39.5. The van der Waals surface area contributed by atoms with Gasteiger partial charge in [-0.25, -0.2) is 18.0 Å². The van der Waals surface area contributed by atoms with Gasteiger partial charge in [0.05, 0.1) is 0 Å². The number of halogens is 4. The molecular weight excluding hydrogens is 363 g/mol. The van der Waals surface area contributed by atoms with Crippen molar-refractivity contribution in [3.8, 4) is 0 Å². The molecule has 4 nitrogen and oxygen atoms in total. The molecule has 1 aromatic rings. The SMILES string of the molecule is Cl.N[C@@H](CCNC(=O)N1CCSCC1)Cc1cc(F)c(F)cc1F. The highest BCUT2D eigenvalue weighted by Gasteiger charge is 2.17. The average Bonchev–Trinajstić information content (AvgIpc) is 2.53. The first-order chi connectivity index (χ1) is 11.0. The van der Waals surface area contributed by atoms with Crippen LogP contribution >= 0.6 is 24.2 Å². The number of carbonyl (C=O) groups is 1. The fourth-order valence-electron chi connectivity index (χ4n) is 2.35. The monoisotopic (exact) mass is 383 g/mol. The molecule has 0 unspecified atom stereocenters. The highest BCUT2D eigenvalue weighted by atomic mass is 35.5. The maximum atomic E-state index is 13.5. The van der Waals surface area contributed by atoms with Gasteiger partial charge >= 0.3 is 6.03 Å². The van der Waals surface area contributed by atoms with Crippen molar-refractivity contribution in [3.05, 3.63) is 35.1 Å². The standard InChI is InChI=1S/C15H20F3N3OS.ClH/c16-12-9-14(18)13(17)8-10(12)7-11(19)1-2-20-15(22)21-3-5-23-6-4-21;/h8-9,11H,1-7,19H2,(H,20,22);1H/t11-;/m0./s1. The van der Waals surface area contributed by atoms with E-state index < -0.39 is 23.5 Å². The number of carbonyl (C=O) groups excluding carboxylic acids is 1. The Morgan fingerprint density at radius 2 is 1.83 bits per heavy atom. The zero-order valence-corrected chi connectivity index (χ0v) is 14.7. The number of urea groups is 1. The Morgan fingerprint density at radius 3 is 2.50 bits per heavy atom. The third-order valence-corrected chi connectivity index (χ3v) is 4.60. The molecule has 2 rings (SSSR count). The molecule has 0 radical (unpaired) electrons. The van der Waals surface area contributed by atoms with E-state index in [9.17, 15) is 18.0 Å². The van der Waals surface area contributed by atoms with E-state index >= 15 is 0 Å². The molecule has 24 heavy (non-hydrogen) atoms. The van der Waals surface area contributed by atoms with E-state index in [-0.39, 0.29) is 30.4 Å². The zero-order valence-electron chi connectivity index (χ0n) is 13.1. The summed E-state index contributed by atoms with van der Waals surface area (Å²) in [6, 6.07) is 0.769. The third kappa shape index (κ3) is 6.07. The molecule has 1 aliphatic heterocycles.